The molecule has 1 heterocycles. The summed E-state index contributed by atoms with van der Waals surface area (Å²) < 4.78 is 0. The first-order valence-corrected chi connectivity index (χ1v) is 8.46. The molecule has 0 spiro atoms. The van der Waals surface area contributed by atoms with Gasteiger partial charge in [0.25, 0.3) is 5.24 Å². The lowest BCUT2D eigenvalue weighted by Gasteiger charge is -2.43. The fraction of sp³-hybridized carbons (Fsp3) is 0.500. The summed E-state index contributed by atoms with van der Waals surface area (Å²) in [5.41, 5.74) is 1.01. The molecule has 1 aromatic rings. The van der Waals surface area contributed by atoms with Gasteiger partial charge in [-0.05, 0) is 24.8 Å². The Morgan fingerprint density at radius 1 is 1.29 bits per heavy atom. The SMILES string of the molecule is O=C(CCN1CCSC1=O)NC1(c2ccccc2)CCC1. The summed E-state index contributed by atoms with van der Waals surface area (Å²) in [6, 6.07) is 10.2. The number of nitrogens with zero attached hydrogens (tertiary/aromatic N) is 1. The Hall–Kier alpha value is -1.49. The van der Waals surface area contributed by atoms with Gasteiger partial charge in [0.1, 0.15) is 0 Å². The summed E-state index contributed by atoms with van der Waals surface area (Å²) >= 11 is 1.34. The maximum Gasteiger partial charge on any atom is 0.281 e. The second-order valence-electron chi connectivity index (χ2n) is 5.70. The van der Waals surface area contributed by atoms with Gasteiger partial charge in [0.15, 0.2) is 0 Å². The first-order valence-electron chi connectivity index (χ1n) is 7.48. The molecule has 0 bridgehead atoms. The van der Waals surface area contributed by atoms with Gasteiger partial charge in [-0.1, -0.05) is 42.1 Å². The fourth-order valence-corrected chi connectivity index (χ4v) is 3.82. The number of nitrogens with one attached hydrogen (secondary N) is 1. The standard InChI is InChI=1S/C16H20N2O2S/c19-14(7-10-18-11-12-21-15(18)20)17-16(8-4-9-16)13-5-2-1-3-6-13/h1-3,5-6H,4,7-12H2,(H,17,19). The van der Waals surface area contributed by atoms with Crippen LogP contribution < -0.4 is 5.32 Å². The number of carbonyl (C=O) groups excluding carboxylic acids is 2. The van der Waals surface area contributed by atoms with Crippen LogP contribution >= 0.6 is 11.8 Å². The third-order valence-electron chi connectivity index (χ3n) is 4.37. The highest BCUT2D eigenvalue weighted by Gasteiger charge is 2.39. The molecule has 21 heavy (non-hydrogen) atoms. The molecule has 1 N–H and O–H groups in total. The average Bonchev–Trinajstić information content (AvgIpc) is 2.87. The summed E-state index contributed by atoms with van der Waals surface area (Å²) in [5, 5.41) is 3.30. The third kappa shape index (κ3) is 3.07. The summed E-state index contributed by atoms with van der Waals surface area (Å²) in [6.07, 6.45) is 3.54. The molecule has 2 amide bonds. The molecular formula is C16H20N2O2S. The van der Waals surface area contributed by atoms with E-state index in [0.29, 0.717) is 13.0 Å². The van der Waals surface area contributed by atoms with E-state index in [4.69, 9.17) is 0 Å². The van der Waals surface area contributed by atoms with Crippen LogP contribution in [0.4, 0.5) is 4.79 Å². The summed E-state index contributed by atoms with van der Waals surface area (Å²) in [4.78, 5) is 25.5. The highest BCUT2D eigenvalue weighted by atomic mass is 32.2. The van der Waals surface area contributed by atoms with E-state index < -0.39 is 0 Å². The van der Waals surface area contributed by atoms with Crippen molar-refractivity contribution in [2.45, 2.75) is 31.2 Å². The summed E-state index contributed by atoms with van der Waals surface area (Å²) in [5.74, 6) is 0.886. The smallest absolute Gasteiger partial charge is 0.281 e. The number of benzene rings is 1. The lowest BCUT2D eigenvalue weighted by molar-refractivity contribution is -0.124. The van der Waals surface area contributed by atoms with Crippen LogP contribution in [0, 0.1) is 0 Å². The number of carbonyl (C=O) groups is 2. The van der Waals surface area contributed by atoms with Gasteiger partial charge in [-0.2, -0.15) is 0 Å². The van der Waals surface area contributed by atoms with Crippen LogP contribution in [0.5, 0.6) is 0 Å². The van der Waals surface area contributed by atoms with E-state index in [1.54, 1.807) is 4.90 Å². The van der Waals surface area contributed by atoms with Crippen LogP contribution in [0.25, 0.3) is 0 Å². The Morgan fingerprint density at radius 2 is 2.05 bits per heavy atom. The molecule has 1 aromatic carbocycles. The van der Waals surface area contributed by atoms with Crippen LogP contribution in [0.1, 0.15) is 31.2 Å². The van der Waals surface area contributed by atoms with Crippen LogP contribution in [0.15, 0.2) is 30.3 Å². The lowest BCUT2D eigenvalue weighted by atomic mass is 9.71. The highest BCUT2D eigenvalue weighted by Crippen LogP contribution is 2.41. The summed E-state index contributed by atoms with van der Waals surface area (Å²) in [7, 11) is 0. The minimum absolute atomic E-state index is 0.0447. The Morgan fingerprint density at radius 3 is 2.62 bits per heavy atom. The van der Waals surface area contributed by atoms with Crippen molar-refractivity contribution in [2.24, 2.45) is 0 Å². The molecule has 2 aliphatic rings. The number of hydrogen-bond donors (Lipinski definition) is 1. The summed E-state index contributed by atoms with van der Waals surface area (Å²) in [6.45, 7) is 1.29. The molecule has 4 nitrogen and oxygen atoms in total. The van der Waals surface area contributed by atoms with Crippen LogP contribution in [0.3, 0.4) is 0 Å². The van der Waals surface area contributed by atoms with Gasteiger partial charge >= 0.3 is 0 Å². The minimum atomic E-state index is -0.178. The first-order chi connectivity index (χ1) is 10.2. The highest BCUT2D eigenvalue weighted by molar-refractivity contribution is 8.13. The number of rotatable bonds is 5. The number of thioether (sulfide) groups is 1. The van der Waals surface area contributed by atoms with E-state index in [9.17, 15) is 9.59 Å². The van der Waals surface area contributed by atoms with Crippen molar-refractivity contribution in [3.05, 3.63) is 35.9 Å². The van der Waals surface area contributed by atoms with E-state index in [0.717, 1.165) is 31.6 Å². The van der Waals surface area contributed by atoms with Gasteiger partial charge in [0.2, 0.25) is 5.91 Å². The second kappa shape index (κ2) is 6.10. The number of amides is 2. The normalized spacial score (nSPS) is 20.2. The van der Waals surface area contributed by atoms with Gasteiger partial charge in [-0.3, -0.25) is 9.59 Å². The molecule has 2 fully saturated rings. The van der Waals surface area contributed by atoms with Gasteiger partial charge in [-0.15, -0.1) is 0 Å². The quantitative estimate of drug-likeness (QED) is 0.910. The molecule has 0 unspecified atom stereocenters. The van der Waals surface area contributed by atoms with Gasteiger partial charge in [0, 0.05) is 25.3 Å². The molecule has 3 rings (SSSR count). The van der Waals surface area contributed by atoms with Crippen LogP contribution in [-0.2, 0) is 10.3 Å². The van der Waals surface area contributed by atoms with E-state index in [-0.39, 0.29) is 16.7 Å². The molecule has 1 aliphatic heterocycles. The Bertz CT molecular complexity index is 528. The molecule has 1 aliphatic carbocycles. The monoisotopic (exact) mass is 304 g/mol. The molecule has 5 heteroatoms. The average molecular weight is 304 g/mol. The van der Waals surface area contributed by atoms with Crippen molar-refractivity contribution in [3.63, 3.8) is 0 Å². The molecule has 0 aromatic heterocycles. The van der Waals surface area contributed by atoms with E-state index in [2.05, 4.69) is 17.4 Å². The Balaban J connectivity index is 1.57. The zero-order chi connectivity index (χ0) is 14.7. The van der Waals surface area contributed by atoms with E-state index >= 15 is 0 Å². The zero-order valence-corrected chi connectivity index (χ0v) is 12.8. The van der Waals surface area contributed by atoms with Crippen molar-refractivity contribution < 1.29 is 9.59 Å². The van der Waals surface area contributed by atoms with Crippen molar-refractivity contribution in [2.75, 3.05) is 18.8 Å². The van der Waals surface area contributed by atoms with Gasteiger partial charge in [0.05, 0.1) is 5.54 Å². The van der Waals surface area contributed by atoms with Gasteiger partial charge in [-0.25, -0.2) is 0 Å². The largest absolute Gasteiger partial charge is 0.347 e. The van der Waals surface area contributed by atoms with Crippen molar-refractivity contribution in [3.8, 4) is 0 Å². The maximum atomic E-state index is 12.2. The van der Waals surface area contributed by atoms with Crippen molar-refractivity contribution in [1.82, 2.24) is 10.2 Å². The topological polar surface area (TPSA) is 49.4 Å². The molecule has 1 saturated carbocycles. The van der Waals surface area contributed by atoms with E-state index in [1.807, 2.05) is 18.2 Å². The molecular weight excluding hydrogens is 284 g/mol. The Labute approximate surface area is 129 Å². The zero-order valence-electron chi connectivity index (χ0n) is 12.0. The fourth-order valence-electron chi connectivity index (χ4n) is 2.97. The first kappa shape index (κ1) is 14.4. The third-order valence-corrected chi connectivity index (χ3v) is 5.26. The van der Waals surface area contributed by atoms with E-state index in [1.165, 1.54) is 17.3 Å². The molecule has 1 saturated heterocycles. The lowest BCUT2D eigenvalue weighted by Crippen LogP contribution is -2.51. The van der Waals surface area contributed by atoms with Crippen LogP contribution in [0.2, 0.25) is 0 Å². The minimum Gasteiger partial charge on any atom is -0.347 e. The molecule has 112 valence electrons. The van der Waals surface area contributed by atoms with Crippen LogP contribution in [-0.4, -0.2) is 34.9 Å². The molecule has 0 radical (unpaired) electrons. The predicted molar refractivity (Wildman–Crippen MR) is 84.2 cm³/mol. The predicted octanol–water partition coefficient (Wildman–Crippen LogP) is 2.74. The molecule has 0 atom stereocenters. The second-order valence-corrected chi connectivity index (χ2v) is 6.75. The van der Waals surface area contributed by atoms with Crippen molar-refractivity contribution in [1.29, 1.82) is 0 Å². The van der Waals surface area contributed by atoms with Gasteiger partial charge < -0.3 is 10.2 Å². The number of hydrogen-bond acceptors (Lipinski definition) is 3. The van der Waals surface area contributed by atoms with Crippen molar-refractivity contribution >= 4 is 22.9 Å². The Kier molecular flexibility index (Phi) is 4.19. The maximum absolute atomic E-state index is 12.2.